The summed E-state index contributed by atoms with van der Waals surface area (Å²) in [6.07, 6.45) is 20.0. The summed E-state index contributed by atoms with van der Waals surface area (Å²) in [6, 6.07) is 46.9. The molecule has 2 nitrogen and oxygen atoms in total. The first kappa shape index (κ1) is 40.1. The van der Waals surface area contributed by atoms with E-state index in [9.17, 15) is 17.6 Å². The van der Waals surface area contributed by atoms with Gasteiger partial charge in [0.25, 0.3) is 0 Å². The van der Waals surface area contributed by atoms with Crippen LogP contribution in [0, 0.1) is 47.6 Å². The minimum Gasteiger partial charge on any atom is -0.363 e. The summed E-state index contributed by atoms with van der Waals surface area (Å²) in [5.74, 6) is -2.86. The van der Waals surface area contributed by atoms with Crippen molar-refractivity contribution in [1.29, 1.82) is 0 Å². The number of hydrogen-bond donors (Lipinski definition) is 0. The minimum atomic E-state index is -0.720. The van der Waals surface area contributed by atoms with Crippen LogP contribution >= 0.6 is 0 Å². The number of rotatable bonds is 6. The number of para-hydroxylation sites is 4. The number of benzene rings is 6. The Bertz CT molecular complexity index is 1830. The zero-order chi connectivity index (χ0) is 36.4. The third-order valence-electron chi connectivity index (χ3n) is 7.39. The van der Waals surface area contributed by atoms with Crippen molar-refractivity contribution in [3.63, 3.8) is 0 Å². The van der Waals surface area contributed by atoms with Crippen molar-refractivity contribution in [3.8, 4) is 0 Å². The van der Waals surface area contributed by atoms with Crippen LogP contribution in [0.5, 0.6) is 0 Å². The number of anilines is 6. The van der Waals surface area contributed by atoms with Gasteiger partial charge in [0.15, 0.2) is 0 Å². The van der Waals surface area contributed by atoms with Crippen molar-refractivity contribution in [3.05, 3.63) is 230 Å². The topological polar surface area (TPSA) is 6.48 Å². The van der Waals surface area contributed by atoms with Crippen LogP contribution in [0.2, 0.25) is 0 Å². The van der Waals surface area contributed by atoms with Gasteiger partial charge in [-0.25, -0.2) is 41.9 Å². The maximum absolute atomic E-state index is 14.1. The van der Waals surface area contributed by atoms with Crippen molar-refractivity contribution in [2.24, 2.45) is 0 Å². The van der Waals surface area contributed by atoms with Gasteiger partial charge in [0.05, 0.1) is 0 Å². The van der Waals surface area contributed by atoms with Gasteiger partial charge in [0.2, 0.25) is 0 Å². The molecule has 0 unspecified atom stereocenters. The van der Waals surface area contributed by atoms with Crippen LogP contribution in [0.4, 0.5) is 51.7 Å². The zero-order valence-corrected chi connectivity index (χ0v) is 30.2. The average Bonchev–Trinajstić information content (AvgIpc) is 3.97. The molecule has 8 rings (SSSR count). The summed E-state index contributed by atoms with van der Waals surface area (Å²) in [4.78, 5) is 3.45. The molecule has 0 saturated carbocycles. The quantitative estimate of drug-likeness (QED) is 0.0954. The third-order valence-corrected chi connectivity index (χ3v) is 7.39. The van der Waals surface area contributed by atoms with E-state index in [4.69, 9.17) is 0 Å². The Balaban J connectivity index is 0.000000184. The summed E-state index contributed by atoms with van der Waals surface area (Å²) < 4.78 is 54.5. The second kappa shape index (κ2) is 21.6. The Morgan fingerprint density at radius 2 is 0.698 bits per heavy atom. The summed E-state index contributed by atoms with van der Waals surface area (Å²) >= 11 is 0. The van der Waals surface area contributed by atoms with Crippen LogP contribution in [-0.2, 0) is 21.7 Å². The summed E-state index contributed by atoms with van der Waals surface area (Å²) in [7, 11) is 0. The van der Waals surface area contributed by atoms with Crippen LogP contribution in [0.1, 0.15) is 12.8 Å². The number of allylic oxidation sites excluding steroid dienone is 8. The second-order valence-corrected chi connectivity index (χ2v) is 11.0. The van der Waals surface area contributed by atoms with Gasteiger partial charge < -0.3 is 9.80 Å². The average molecular weight is 739 g/mol. The van der Waals surface area contributed by atoms with Crippen molar-refractivity contribution >= 4 is 34.1 Å². The predicted molar refractivity (Wildman–Crippen MR) is 203 cm³/mol. The Labute approximate surface area is 324 Å². The van der Waals surface area contributed by atoms with E-state index in [1.807, 2.05) is 146 Å². The Morgan fingerprint density at radius 1 is 0.396 bits per heavy atom. The molecule has 0 aliphatic heterocycles. The third kappa shape index (κ3) is 12.2. The number of halogens is 4. The van der Waals surface area contributed by atoms with Gasteiger partial charge in [-0.3, -0.25) is 12.2 Å². The fraction of sp³-hybridized carbons (Fsp3) is 0.0435. The van der Waals surface area contributed by atoms with Gasteiger partial charge in [0.1, 0.15) is 0 Å². The molecular weight excluding hydrogens is 704 g/mol. The summed E-state index contributed by atoms with van der Waals surface area (Å²) in [6.45, 7) is 0. The summed E-state index contributed by atoms with van der Waals surface area (Å²) in [5.41, 5.74) is 3.69. The fourth-order valence-corrected chi connectivity index (χ4v) is 5.06. The molecule has 7 heteroatoms. The molecule has 0 heterocycles. The molecule has 2 aliphatic rings. The first-order valence-corrected chi connectivity index (χ1v) is 16.5. The van der Waals surface area contributed by atoms with E-state index in [1.54, 1.807) is 9.80 Å². The van der Waals surface area contributed by atoms with Crippen molar-refractivity contribution in [1.82, 2.24) is 0 Å². The van der Waals surface area contributed by atoms with E-state index >= 15 is 0 Å². The molecule has 0 amide bonds. The largest absolute Gasteiger partial charge is 4.00 e. The van der Waals surface area contributed by atoms with Gasteiger partial charge in [-0.15, -0.1) is 49.2 Å². The van der Waals surface area contributed by atoms with Crippen LogP contribution in [0.25, 0.3) is 0 Å². The SMILES string of the molecule is Fc1[c-]c(F)c(N(c2ccccc2)c2ccccc2)cc1.Fc1[c-]c(F)c(N(c2ccccc2)c2ccccc2)cc1.[C-]1=CC=CC1.[C-]1=CC=CC1.[Ti+4]. The van der Waals surface area contributed by atoms with E-state index < -0.39 is 23.3 Å². The van der Waals surface area contributed by atoms with Crippen molar-refractivity contribution in [2.45, 2.75) is 12.8 Å². The van der Waals surface area contributed by atoms with E-state index in [1.165, 1.54) is 24.3 Å². The minimum absolute atomic E-state index is 0. The molecule has 260 valence electrons. The van der Waals surface area contributed by atoms with Gasteiger partial charge in [-0.05, 0) is 59.9 Å². The maximum Gasteiger partial charge on any atom is 4.00 e. The molecule has 53 heavy (non-hydrogen) atoms. The van der Waals surface area contributed by atoms with E-state index in [0.29, 0.717) is 0 Å². The normalized spacial score (nSPS) is 11.5. The monoisotopic (exact) mass is 738 g/mol. The first-order valence-electron chi connectivity index (χ1n) is 16.5. The number of hydrogen-bond acceptors (Lipinski definition) is 2. The van der Waals surface area contributed by atoms with E-state index in [2.05, 4.69) is 36.4 Å². The molecular formula is C46H34F4N2Ti. The molecule has 6 aromatic carbocycles. The zero-order valence-electron chi connectivity index (χ0n) is 28.6. The predicted octanol–water partition coefficient (Wildman–Crippen LogP) is 13.1. The van der Waals surface area contributed by atoms with Crippen molar-refractivity contribution in [2.75, 3.05) is 9.80 Å². The molecule has 2 aliphatic carbocycles. The molecule has 0 radical (unpaired) electrons. The van der Waals surface area contributed by atoms with Crippen LogP contribution in [0.3, 0.4) is 0 Å². The molecule has 6 aromatic rings. The molecule has 0 atom stereocenters. The molecule has 0 aromatic heterocycles. The second-order valence-electron chi connectivity index (χ2n) is 11.0. The van der Waals surface area contributed by atoms with Gasteiger partial charge in [0, 0.05) is 46.0 Å². The molecule has 0 bridgehead atoms. The van der Waals surface area contributed by atoms with Crippen LogP contribution in [0.15, 0.2) is 182 Å². The summed E-state index contributed by atoms with van der Waals surface area (Å²) in [5, 5.41) is 0. The standard InChI is InChI=1S/2C18H12F2N.2C5H5.Ti/c2*19-14-11-12-18(17(20)13-14)21(15-7-3-1-4-8-15)16-9-5-2-6-10-16;2*1-2-4-5-3-1;/h2*1-12H;2*1-3H,4H2;/q4*-1;+4. The van der Waals surface area contributed by atoms with E-state index in [0.717, 1.165) is 35.6 Å². The van der Waals surface area contributed by atoms with E-state index in [-0.39, 0.29) is 33.1 Å². The van der Waals surface area contributed by atoms with Crippen LogP contribution < -0.4 is 9.80 Å². The van der Waals surface area contributed by atoms with Gasteiger partial charge in [-0.2, -0.15) is 12.2 Å². The molecule has 0 fully saturated rings. The fourth-order valence-electron chi connectivity index (χ4n) is 5.06. The number of nitrogens with zero attached hydrogens (tertiary/aromatic N) is 2. The Hall–Kier alpha value is -5.69. The Morgan fingerprint density at radius 3 is 0.906 bits per heavy atom. The molecule has 0 N–H and O–H groups in total. The first-order chi connectivity index (χ1) is 25.5. The molecule has 0 saturated heterocycles. The Kier molecular flexibility index (Phi) is 16.4. The van der Waals surface area contributed by atoms with Crippen LogP contribution in [-0.4, -0.2) is 0 Å². The van der Waals surface area contributed by atoms with Gasteiger partial charge in [-0.1, -0.05) is 72.8 Å². The maximum atomic E-state index is 14.1. The van der Waals surface area contributed by atoms with Gasteiger partial charge >= 0.3 is 21.7 Å². The van der Waals surface area contributed by atoms with Crippen molar-refractivity contribution < 1.29 is 39.3 Å². The smallest absolute Gasteiger partial charge is 0.363 e. The molecule has 0 spiro atoms.